The number of morpholine rings is 1. The van der Waals surface area contributed by atoms with Crippen molar-refractivity contribution in [1.29, 1.82) is 0 Å². The number of rotatable bonds is 5. The Hall–Kier alpha value is -2.08. The van der Waals surface area contributed by atoms with Crippen LogP contribution in [-0.2, 0) is 14.3 Å². The van der Waals surface area contributed by atoms with E-state index >= 15 is 0 Å². The molecule has 1 aliphatic heterocycles. The zero-order chi connectivity index (χ0) is 15.2. The van der Waals surface area contributed by atoms with Crippen molar-refractivity contribution in [3.63, 3.8) is 0 Å². The normalized spacial score (nSPS) is 18.0. The summed E-state index contributed by atoms with van der Waals surface area (Å²) < 4.78 is 5.05. The summed E-state index contributed by atoms with van der Waals surface area (Å²) >= 11 is 0. The Bertz CT molecular complexity index is 497. The van der Waals surface area contributed by atoms with Crippen molar-refractivity contribution >= 4 is 23.2 Å². The third-order valence-electron chi connectivity index (χ3n) is 3.43. The quantitative estimate of drug-likeness (QED) is 0.848. The van der Waals surface area contributed by atoms with Gasteiger partial charge in [0.15, 0.2) is 0 Å². The van der Waals surface area contributed by atoms with E-state index in [1.165, 1.54) is 0 Å². The Kier molecular flexibility index (Phi) is 5.16. The molecule has 1 atom stereocenters. The Morgan fingerprint density at radius 1 is 1.33 bits per heavy atom. The first-order valence-corrected chi connectivity index (χ1v) is 7.17. The molecule has 1 unspecified atom stereocenters. The molecule has 1 fully saturated rings. The monoisotopic (exact) mass is 291 g/mol. The van der Waals surface area contributed by atoms with Crippen molar-refractivity contribution < 1.29 is 14.3 Å². The van der Waals surface area contributed by atoms with Crippen LogP contribution >= 0.6 is 0 Å². The Balaban J connectivity index is 1.96. The minimum Gasteiger partial charge on any atom is -0.372 e. The first kappa shape index (κ1) is 15.3. The minimum atomic E-state index is -0.631. The van der Waals surface area contributed by atoms with Gasteiger partial charge in [-0.2, -0.15) is 0 Å². The SMILES string of the molecule is CCN(CC)c1ccc(NC(=O)C2COCC(=O)N2)cc1. The van der Waals surface area contributed by atoms with Crippen LogP contribution in [0.25, 0.3) is 0 Å². The maximum atomic E-state index is 12.0. The van der Waals surface area contributed by atoms with E-state index in [-0.39, 0.29) is 25.0 Å². The molecule has 0 aliphatic carbocycles. The molecule has 2 N–H and O–H groups in total. The number of ether oxygens (including phenoxy) is 1. The van der Waals surface area contributed by atoms with Gasteiger partial charge in [-0.3, -0.25) is 9.59 Å². The lowest BCUT2D eigenvalue weighted by atomic mass is 10.2. The van der Waals surface area contributed by atoms with Crippen molar-refractivity contribution in [2.24, 2.45) is 0 Å². The van der Waals surface area contributed by atoms with Crippen LogP contribution in [0.5, 0.6) is 0 Å². The number of nitrogens with zero attached hydrogens (tertiary/aromatic N) is 1. The predicted octanol–water partition coefficient (Wildman–Crippen LogP) is 0.986. The van der Waals surface area contributed by atoms with Gasteiger partial charge in [0.05, 0.1) is 6.61 Å². The van der Waals surface area contributed by atoms with Crippen LogP contribution < -0.4 is 15.5 Å². The van der Waals surface area contributed by atoms with E-state index in [1.54, 1.807) is 0 Å². The van der Waals surface area contributed by atoms with E-state index in [2.05, 4.69) is 29.4 Å². The molecule has 21 heavy (non-hydrogen) atoms. The molecule has 1 aromatic rings. The van der Waals surface area contributed by atoms with E-state index in [0.29, 0.717) is 5.69 Å². The lowest BCUT2D eigenvalue weighted by Crippen LogP contribution is -2.51. The van der Waals surface area contributed by atoms with E-state index in [1.807, 2.05) is 24.3 Å². The number of hydrogen-bond acceptors (Lipinski definition) is 4. The van der Waals surface area contributed by atoms with Gasteiger partial charge in [-0.25, -0.2) is 0 Å². The number of carbonyl (C=O) groups is 2. The van der Waals surface area contributed by atoms with Gasteiger partial charge in [0, 0.05) is 24.5 Å². The molecule has 2 amide bonds. The van der Waals surface area contributed by atoms with Gasteiger partial charge in [-0.05, 0) is 38.1 Å². The largest absolute Gasteiger partial charge is 0.372 e. The average molecular weight is 291 g/mol. The molecular weight excluding hydrogens is 270 g/mol. The summed E-state index contributed by atoms with van der Waals surface area (Å²) in [6, 6.07) is 7.03. The molecule has 6 heteroatoms. The van der Waals surface area contributed by atoms with Crippen LogP contribution in [0, 0.1) is 0 Å². The van der Waals surface area contributed by atoms with E-state index < -0.39 is 6.04 Å². The topological polar surface area (TPSA) is 70.7 Å². The van der Waals surface area contributed by atoms with Gasteiger partial charge in [0.2, 0.25) is 11.8 Å². The predicted molar refractivity (Wildman–Crippen MR) is 81.4 cm³/mol. The molecule has 0 spiro atoms. The summed E-state index contributed by atoms with van der Waals surface area (Å²) in [4.78, 5) is 25.4. The van der Waals surface area contributed by atoms with Gasteiger partial charge in [-0.1, -0.05) is 0 Å². The number of nitrogens with one attached hydrogen (secondary N) is 2. The Labute approximate surface area is 124 Å². The second-order valence-electron chi connectivity index (χ2n) is 4.84. The molecule has 2 rings (SSSR count). The number of hydrogen-bond donors (Lipinski definition) is 2. The summed E-state index contributed by atoms with van der Waals surface area (Å²) in [5, 5.41) is 5.38. The number of anilines is 2. The first-order chi connectivity index (χ1) is 10.1. The molecule has 1 heterocycles. The lowest BCUT2D eigenvalue weighted by molar-refractivity contribution is -0.136. The van der Waals surface area contributed by atoms with Gasteiger partial charge >= 0.3 is 0 Å². The Morgan fingerprint density at radius 3 is 2.57 bits per heavy atom. The van der Waals surface area contributed by atoms with Gasteiger partial charge in [-0.15, -0.1) is 0 Å². The first-order valence-electron chi connectivity index (χ1n) is 7.17. The fourth-order valence-electron chi connectivity index (χ4n) is 2.26. The van der Waals surface area contributed by atoms with Crippen molar-refractivity contribution in [3.05, 3.63) is 24.3 Å². The zero-order valence-corrected chi connectivity index (χ0v) is 12.4. The number of amides is 2. The fourth-order valence-corrected chi connectivity index (χ4v) is 2.26. The van der Waals surface area contributed by atoms with E-state index in [0.717, 1.165) is 18.8 Å². The summed E-state index contributed by atoms with van der Waals surface area (Å²) in [5.74, 6) is -0.531. The maximum absolute atomic E-state index is 12.0. The van der Waals surface area contributed by atoms with Crippen LogP contribution in [-0.4, -0.2) is 44.2 Å². The highest BCUT2D eigenvalue weighted by Crippen LogP contribution is 2.17. The molecule has 6 nitrogen and oxygen atoms in total. The standard InChI is InChI=1S/C15H21N3O3/c1-3-18(4-2)12-7-5-11(6-8-12)16-15(20)13-9-21-10-14(19)17-13/h5-8,13H,3-4,9-10H2,1-2H3,(H,16,20)(H,17,19). The second kappa shape index (κ2) is 7.08. The number of benzene rings is 1. The highest BCUT2D eigenvalue weighted by Gasteiger charge is 2.25. The third-order valence-corrected chi connectivity index (χ3v) is 3.43. The summed E-state index contributed by atoms with van der Waals surface area (Å²) in [5.41, 5.74) is 1.82. The lowest BCUT2D eigenvalue weighted by Gasteiger charge is -2.23. The smallest absolute Gasteiger partial charge is 0.249 e. The maximum Gasteiger partial charge on any atom is 0.249 e. The van der Waals surface area contributed by atoms with Crippen LogP contribution in [0.1, 0.15) is 13.8 Å². The average Bonchev–Trinajstić information content (AvgIpc) is 2.50. The fraction of sp³-hybridized carbons (Fsp3) is 0.467. The Morgan fingerprint density at radius 2 is 2.00 bits per heavy atom. The summed E-state index contributed by atoms with van der Waals surface area (Å²) in [7, 11) is 0. The zero-order valence-electron chi connectivity index (χ0n) is 12.4. The van der Waals surface area contributed by atoms with Crippen molar-refractivity contribution in [3.8, 4) is 0 Å². The molecule has 1 aromatic carbocycles. The molecule has 0 bridgehead atoms. The van der Waals surface area contributed by atoms with Gasteiger partial charge in [0.25, 0.3) is 0 Å². The number of carbonyl (C=O) groups excluding carboxylic acids is 2. The highest BCUT2D eigenvalue weighted by atomic mass is 16.5. The van der Waals surface area contributed by atoms with E-state index in [9.17, 15) is 9.59 Å². The minimum absolute atomic E-state index is 0.0162. The molecule has 1 saturated heterocycles. The van der Waals surface area contributed by atoms with Crippen LogP contribution in [0.2, 0.25) is 0 Å². The van der Waals surface area contributed by atoms with Crippen molar-refractivity contribution in [2.45, 2.75) is 19.9 Å². The van der Waals surface area contributed by atoms with Crippen LogP contribution in [0.4, 0.5) is 11.4 Å². The van der Waals surface area contributed by atoms with E-state index in [4.69, 9.17) is 4.74 Å². The van der Waals surface area contributed by atoms with Gasteiger partial charge < -0.3 is 20.3 Å². The van der Waals surface area contributed by atoms with Gasteiger partial charge in [0.1, 0.15) is 12.6 Å². The molecule has 114 valence electrons. The van der Waals surface area contributed by atoms with Crippen LogP contribution in [0.15, 0.2) is 24.3 Å². The van der Waals surface area contributed by atoms with Crippen LogP contribution in [0.3, 0.4) is 0 Å². The molecule has 0 aromatic heterocycles. The molecule has 1 aliphatic rings. The molecule has 0 saturated carbocycles. The highest BCUT2D eigenvalue weighted by molar-refractivity contribution is 5.98. The van der Waals surface area contributed by atoms with Crippen molar-refractivity contribution in [2.75, 3.05) is 36.5 Å². The summed E-state index contributed by atoms with van der Waals surface area (Å²) in [6.45, 7) is 6.30. The third kappa shape index (κ3) is 3.95. The second-order valence-corrected chi connectivity index (χ2v) is 4.84. The molecule has 0 radical (unpaired) electrons. The van der Waals surface area contributed by atoms with Crippen molar-refractivity contribution in [1.82, 2.24) is 5.32 Å². The molecular formula is C15H21N3O3. The summed E-state index contributed by atoms with van der Waals surface area (Å²) in [6.07, 6.45) is 0.